The molecule has 0 atom stereocenters. The molecule has 0 saturated heterocycles. The van der Waals surface area contributed by atoms with Crippen molar-refractivity contribution >= 4 is 5.97 Å². The fraction of sp³-hybridized carbons (Fsp3) is 0.0909. The molecule has 6 heteroatoms. The highest BCUT2D eigenvalue weighted by molar-refractivity contribution is 5.87. The van der Waals surface area contributed by atoms with E-state index in [1.54, 1.807) is 16.8 Å². The summed E-state index contributed by atoms with van der Waals surface area (Å²) in [6, 6.07) is 5.16. The molecule has 0 spiro atoms. The van der Waals surface area contributed by atoms with Gasteiger partial charge in [0.25, 0.3) is 0 Å². The number of rotatable bonds is 2. The van der Waals surface area contributed by atoms with Gasteiger partial charge in [-0.1, -0.05) is 0 Å². The third-order valence-electron chi connectivity index (χ3n) is 2.16. The van der Waals surface area contributed by atoms with E-state index in [1.165, 1.54) is 25.6 Å². The normalized spacial score (nSPS) is 9.65. The Balaban J connectivity index is 2.47. The lowest BCUT2D eigenvalue weighted by Crippen LogP contribution is -2.06. The van der Waals surface area contributed by atoms with Crippen LogP contribution in [0.5, 0.6) is 0 Å². The van der Waals surface area contributed by atoms with E-state index in [9.17, 15) is 4.79 Å². The van der Waals surface area contributed by atoms with Gasteiger partial charge >= 0.3 is 5.97 Å². The number of nitriles is 1. The van der Waals surface area contributed by atoms with Crippen LogP contribution in [0.1, 0.15) is 16.3 Å². The Labute approximate surface area is 97.1 Å². The molecule has 2 aromatic rings. The number of nitrogens with zero attached hydrogens (tertiary/aromatic N) is 4. The van der Waals surface area contributed by atoms with Gasteiger partial charge in [-0.15, -0.1) is 0 Å². The topological polar surface area (TPSA) is 80.8 Å². The van der Waals surface area contributed by atoms with E-state index in [2.05, 4.69) is 14.7 Å². The smallest absolute Gasteiger partial charge is 0.356 e. The fourth-order valence-corrected chi connectivity index (χ4v) is 1.38. The third kappa shape index (κ3) is 1.99. The lowest BCUT2D eigenvalue weighted by molar-refractivity contribution is 0.0594. The molecule has 2 rings (SSSR count). The molecule has 0 saturated carbocycles. The number of carbonyl (C=O) groups excluding carboxylic acids is 1. The van der Waals surface area contributed by atoms with Crippen LogP contribution in [0.2, 0.25) is 0 Å². The molecule has 0 radical (unpaired) electrons. The Morgan fingerprint density at radius 2 is 2.29 bits per heavy atom. The van der Waals surface area contributed by atoms with Gasteiger partial charge in [-0.3, -0.25) is 4.57 Å². The van der Waals surface area contributed by atoms with Crippen molar-refractivity contribution in [3.63, 3.8) is 0 Å². The first-order valence-corrected chi connectivity index (χ1v) is 4.74. The molecule has 17 heavy (non-hydrogen) atoms. The van der Waals surface area contributed by atoms with E-state index in [4.69, 9.17) is 5.26 Å². The minimum absolute atomic E-state index is 0.183. The first-order chi connectivity index (χ1) is 8.26. The average Bonchev–Trinajstić information content (AvgIpc) is 2.86. The maximum atomic E-state index is 11.3. The number of methoxy groups -OCH3 is 1. The summed E-state index contributed by atoms with van der Waals surface area (Å²) < 4.78 is 6.14. The number of pyridine rings is 1. The van der Waals surface area contributed by atoms with Crippen molar-refractivity contribution in [2.75, 3.05) is 7.11 Å². The van der Waals surface area contributed by atoms with Crippen LogP contribution in [0.15, 0.2) is 30.7 Å². The zero-order valence-corrected chi connectivity index (χ0v) is 8.99. The molecule has 0 unspecified atom stereocenters. The summed E-state index contributed by atoms with van der Waals surface area (Å²) in [5.41, 5.74) is 0.817. The maximum absolute atomic E-state index is 11.3. The molecule has 6 nitrogen and oxygen atoms in total. The highest BCUT2D eigenvalue weighted by Crippen LogP contribution is 2.11. The van der Waals surface area contributed by atoms with Crippen LogP contribution in [0, 0.1) is 11.3 Å². The van der Waals surface area contributed by atoms with Gasteiger partial charge in [0.05, 0.1) is 12.8 Å². The quantitative estimate of drug-likeness (QED) is 0.714. The van der Waals surface area contributed by atoms with Gasteiger partial charge in [0, 0.05) is 18.6 Å². The predicted molar refractivity (Wildman–Crippen MR) is 57.4 cm³/mol. The number of hydrogen-bond acceptors (Lipinski definition) is 5. The molecule has 0 N–H and O–H groups in total. The van der Waals surface area contributed by atoms with E-state index in [0.717, 1.165) is 0 Å². The largest absolute Gasteiger partial charge is 0.464 e. The molecule has 84 valence electrons. The van der Waals surface area contributed by atoms with Gasteiger partial charge in [0.2, 0.25) is 5.82 Å². The highest BCUT2D eigenvalue weighted by Gasteiger charge is 2.10. The summed E-state index contributed by atoms with van der Waals surface area (Å²) >= 11 is 0. The van der Waals surface area contributed by atoms with E-state index < -0.39 is 5.97 Å². The van der Waals surface area contributed by atoms with E-state index in [0.29, 0.717) is 5.69 Å². The van der Waals surface area contributed by atoms with Crippen LogP contribution in [0.4, 0.5) is 0 Å². The number of esters is 1. The molecule has 0 aromatic carbocycles. The van der Waals surface area contributed by atoms with E-state index in [1.807, 2.05) is 6.07 Å². The Hall–Kier alpha value is -2.68. The standard InChI is InChI=1S/C11H8N4O2/c1-17-11(16)9-6-8(2-3-13-9)15-5-4-14-10(15)7-12/h2-6H,1H3. The Morgan fingerprint density at radius 3 is 3.00 bits per heavy atom. The van der Waals surface area contributed by atoms with Crippen molar-refractivity contribution in [1.82, 2.24) is 14.5 Å². The van der Waals surface area contributed by atoms with Gasteiger partial charge in [0.15, 0.2) is 0 Å². The van der Waals surface area contributed by atoms with Crippen LogP contribution in [-0.4, -0.2) is 27.6 Å². The van der Waals surface area contributed by atoms with Crippen molar-refractivity contribution in [2.24, 2.45) is 0 Å². The Kier molecular flexibility index (Phi) is 2.83. The number of imidazole rings is 1. The molecule has 2 heterocycles. The molecular weight excluding hydrogens is 220 g/mol. The molecule has 0 aliphatic heterocycles. The van der Waals surface area contributed by atoms with Crippen LogP contribution in [0.3, 0.4) is 0 Å². The summed E-state index contributed by atoms with van der Waals surface area (Å²) in [5, 5.41) is 8.85. The van der Waals surface area contributed by atoms with Crippen molar-refractivity contribution < 1.29 is 9.53 Å². The monoisotopic (exact) mass is 228 g/mol. The van der Waals surface area contributed by atoms with Crippen LogP contribution in [0.25, 0.3) is 5.69 Å². The van der Waals surface area contributed by atoms with Gasteiger partial charge < -0.3 is 4.74 Å². The Morgan fingerprint density at radius 1 is 1.47 bits per heavy atom. The van der Waals surface area contributed by atoms with Crippen molar-refractivity contribution in [2.45, 2.75) is 0 Å². The summed E-state index contributed by atoms with van der Waals surface area (Å²) in [5.74, 6) is -0.280. The van der Waals surface area contributed by atoms with Crippen molar-refractivity contribution in [3.8, 4) is 11.8 Å². The second kappa shape index (κ2) is 4.45. The highest BCUT2D eigenvalue weighted by atomic mass is 16.5. The second-order valence-electron chi connectivity index (χ2n) is 3.12. The van der Waals surface area contributed by atoms with E-state index >= 15 is 0 Å². The van der Waals surface area contributed by atoms with Crippen LogP contribution >= 0.6 is 0 Å². The first kappa shape index (κ1) is 10.8. The summed E-state index contributed by atoms with van der Waals surface area (Å²) in [4.78, 5) is 19.1. The molecule has 0 fully saturated rings. The Bertz CT molecular complexity index is 598. The number of hydrogen-bond donors (Lipinski definition) is 0. The fourth-order valence-electron chi connectivity index (χ4n) is 1.38. The second-order valence-corrected chi connectivity index (χ2v) is 3.12. The predicted octanol–water partition coefficient (Wildman–Crippen LogP) is 0.926. The molecule has 0 amide bonds. The van der Waals surface area contributed by atoms with Gasteiger partial charge in [0.1, 0.15) is 11.8 Å². The van der Waals surface area contributed by atoms with Gasteiger partial charge in [-0.25, -0.2) is 14.8 Å². The van der Waals surface area contributed by atoms with Crippen LogP contribution in [-0.2, 0) is 4.74 Å². The number of aromatic nitrogens is 3. The lowest BCUT2D eigenvalue weighted by Gasteiger charge is -2.04. The van der Waals surface area contributed by atoms with E-state index in [-0.39, 0.29) is 11.5 Å². The SMILES string of the molecule is COC(=O)c1cc(-n2ccnc2C#N)ccn1. The van der Waals surface area contributed by atoms with Crippen LogP contribution < -0.4 is 0 Å². The van der Waals surface area contributed by atoms with Crippen molar-refractivity contribution in [3.05, 3.63) is 42.2 Å². The minimum atomic E-state index is -0.523. The molecule has 0 aliphatic rings. The average molecular weight is 228 g/mol. The molecular formula is C11H8N4O2. The molecule has 0 aliphatic carbocycles. The summed E-state index contributed by atoms with van der Waals surface area (Å²) in [6.07, 6.45) is 4.62. The number of carbonyl (C=O) groups is 1. The minimum Gasteiger partial charge on any atom is -0.464 e. The van der Waals surface area contributed by atoms with Gasteiger partial charge in [-0.2, -0.15) is 5.26 Å². The lowest BCUT2D eigenvalue weighted by atomic mass is 10.3. The zero-order chi connectivity index (χ0) is 12.3. The molecule has 2 aromatic heterocycles. The zero-order valence-electron chi connectivity index (χ0n) is 8.99. The third-order valence-corrected chi connectivity index (χ3v) is 2.16. The maximum Gasteiger partial charge on any atom is 0.356 e. The molecule has 0 bridgehead atoms. The summed E-state index contributed by atoms with van der Waals surface area (Å²) in [6.45, 7) is 0. The summed E-state index contributed by atoms with van der Waals surface area (Å²) in [7, 11) is 1.29. The number of ether oxygens (including phenoxy) is 1. The first-order valence-electron chi connectivity index (χ1n) is 4.74. The van der Waals surface area contributed by atoms with Crippen molar-refractivity contribution in [1.29, 1.82) is 5.26 Å². The van der Waals surface area contributed by atoms with Gasteiger partial charge in [-0.05, 0) is 12.1 Å².